The number of rotatable bonds is 5. The second-order valence-corrected chi connectivity index (χ2v) is 4.46. The lowest BCUT2D eigenvalue weighted by atomic mass is 10.1. The summed E-state index contributed by atoms with van der Waals surface area (Å²) in [5.41, 5.74) is 6.70. The first-order valence-electron chi connectivity index (χ1n) is 4.83. The molecule has 1 aromatic carbocycles. The summed E-state index contributed by atoms with van der Waals surface area (Å²) in [7, 11) is 1.64. The van der Waals surface area contributed by atoms with Gasteiger partial charge in [0.1, 0.15) is 0 Å². The van der Waals surface area contributed by atoms with Crippen LogP contribution in [0, 0.1) is 0 Å². The van der Waals surface area contributed by atoms with Crippen LogP contribution < -0.4 is 10.5 Å². The maximum absolute atomic E-state index is 6.12. The largest absolute Gasteiger partial charge is 0.494 e. The molecule has 0 atom stereocenters. The Hall–Kier alpha value is -0.380. The van der Waals surface area contributed by atoms with Crippen LogP contribution in [0.1, 0.15) is 12.0 Å². The molecule has 1 aromatic rings. The van der Waals surface area contributed by atoms with E-state index in [-0.39, 0.29) is 0 Å². The van der Waals surface area contributed by atoms with E-state index in [2.05, 4.69) is 6.07 Å². The topological polar surface area (TPSA) is 35.2 Å². The van der Waals surface area contributed by atoms with Crippen LogP contribution in [-0.2, 0) is 6.42 Å². The molecule has 2 nitrogen and oxygen atoms in total. The van der Waals surface area contributed by atoms with E-state index >= 15 is 0 Å². The zero-order valence-electron chi connectivity index (χ0n) is 9.05. The highest BCUT2D eigenvalue weighted by Crippen LogP contribution is 2.35. The Bertz CT molecular complexity index is 331. The van der Waals surface area contributed by atoms with Crippen LogP contribution in [0.4, 0.5) is 0 Å². The molecular formula is C11H16ClNOS. The van der Waals surface area contributed by atoms with E-state index in [1.807, 2.05) is 12.3 Å². The minimum absolute atomic E-state index is 0.677. The predicted molar refractivity (Wildman–Crippen MR) is 67.2 cm³/mol. The first kappa shape index (κ1) is 12.7. The van der Waals surface area contributed by atoms with Crippen molar-refractivity contribution in [1.82, 2.24) is 0 Å². The van der Waals surface area contributed by atoms with E-state index in [1.165, 1.54) is 5.56 Å². The zero-order chi connectivity index (χ0) is 11.3. The van der Waals surface area contributed by atoms with Gasteiger partial charge < -0.3 is 10.5 Å². The molecule has 0 bridgehead atoms. The third kappa shape index (κ3) is 3.30. The van der Waals surface area contributed by atoms with Crippen molar-refractivity contribution >= 4 is 23.4 Å². The summed E-state index contributed by atoms with van der Waals surface area (Å²) >= 11 is 7.76. The van der Waals surface area contributed by atoms with E-state index in [0.29, 0.717) is 11.6 Å². The molecule has 4 heteroatoms. The van der Waals surface area contributed by atoms with Crippen molar-refractivity contribution in [3.8, 4) is 5.75 Å². The second-order valence-electron chi connectivity index (χ2n) is 3.21. The maximum Gasteiger partial charge on any atom is 0.150 e. The Morgan fingerprint density at radius 3 is 2.73 bits per heavy atom. The zero-order valence-corrected chi connectivity index (χ0v) is 10.6. The highest BCUT2D eigenvalue weighted by Gasteiger charge is 2.09. The number of hydrogen-bond donors (Lipinski definition) is 1. The Kier molecular flexibility index (Phi) is 5.29. The molecule has 0 aromatic heterocycles. The molecule has 0 unspecified atom stereocenters. The molecule has 2 N–H and O–H groups in total. The quantitative estimate of drug-likeness (QED) is 0.811. The van der Waals surface area contributed by atoms with E-state index in [1.54, 1.807) is 18.9 Å². The summed E-state index contributed by atoms with van der Waals surface area (Å²) in [6.07, 6.45) is 3.96. The van der Waals surface area contributed by atoms with E-state index in [0.717, 1.165) is 23.5 Å². The van der Waals surface area contributed by atoms with Crippen molar-refractivity contribution in [2.45, 2.75) is 17.7 Å². The lowest BCUT2D eigenvalue weighted by Crippen LogP contribution is -2.00. The summed E-state index contributed by atoms with van der Waals surface area (Å²) < 4.78 is 5.25. The third-order valence-electron chi connectivity index (χ3n) is 2.16. The lowest BCUT2D eigenvalue weighted by molar-refractivity contribution is 0.405. The highest BCUT2D eigenvalue weighted by molar-refractivity contribution is 7.98. The Morgan fingerprint density at radius 1 is 1.47 bits per heavy atom. The van der Waals surface area contributed by atoms with Gasteiger partial charge in [0, 0.05) is 0 Å². The van der Waals surface area contributed by atoms with Crippen LogP contribution in [0.15, 0.2) is 17.0 Å². The predicted octanol–water partition coefficient (Wildman–Crippen LogP) is 2.96. The van der Waals surface area contributed by atoms with Crippen molar-refractivity contribution in [2.24, 2.45) is 5.73 Å². The molecule has 0 radical (unpaired) electrons. The van der Waals surface area contributed by atoms with Gasteiger partial charge in [-0.15, -0.1) is 11.8 Å². The SMILES string of the molecule is COc1c(Cl)cc(CCCN)cc1SC. The lowest BCUT2D eigenvalue weighted by Gasteiger charge is -2.10. The summed E-state index contributed by atoms with van der Waals surface area (Å²) in [6.45, 7) is 0.707. The monoisotopic (exact) mass is 245 g/mol. The van der Waals surface area contributed by atoms with Crippen LogP contribution in [0.5, 0.6) is 5.75 Å². The maximum atomic E-state index is 6.12. The van der Waals surface area contributed by atoms with Crippen LogP contribution in [-0.4, -0.2) is 19.9 Å². The van der Waals surface area contributed by atoms with Gasteiger partial charge in [0.2, 0.25) is 0 Å². The summed E-state index contributed by atoms with van der Waals surface area (Å²) in [6, 6.07) is 4.07. The Balaban J connectivity index is 2.97. The minimum Gasteiger partial charge on any atom is -0.494 e. The first-order valence-corrected chi connectivity index (χ1v) is 6.43. The van der Waals surface area contributed by atoms with Crippen molar-refractivity contribution < 1.29 is 4.74 Å². The number of methoxy groups -OCH3 is 1. The normalized spacial score (nSPS) is 10.4. The molecule has 0 aliphatic heterocycles. The number of hydrogen-bond acceptors (Lipinski definition) is 3. The van der Waals surface area contributed by atoms with Gasteiger partial charge in [-0.25, -0.2) is 0 Å². The first-order chi connectivity index (χ1) is 7.22. The second kappa shape index (κ2) is 6.26. The molecule has 0 aliphatic rings. The third-order valence-corrected chi connectivity index (χ3v) is 3.19. The number of ether oxygens (including phenoxy) is 1. The molecular weight excluding hydrogens is 230 g/mol. The van der Waals surface area contributed by atoms with Gasteiger partial charge in [-0.3, -0.25) is 0 Å². The molecule has 84 valence electrons. The molecule has 0 amide bonds. The number of nitrogens with two attached hydrogens (primary N) is 1. The number of aryl methyl sites for hydroxylation is 1. The van der Waals surface area contributed by atoms with Crippen LogP contribution in [0.3, 0.4) is 0 Å². The number of halogens is 1. The average Bonchev–Trinajstić information content (AvgIpc) is 2.25. The van der Waals surface area contributed by atoms with Crippen LogP contribution in [0.2, 0.25) is 5.02 Å². The standard InChI is InChI=1S/C11H16ClNOS/c1-14-11-9(12)6-8(4-3-5-13)7-10(11)15-2/h6-7H,3-5,13H2,1-2H3. The van der Waals surface area contributed by atoms with Gasteiger partial charge in [-0.1, -0.05) is 11.6 Å². The molecule has 0 heterocycles. The Morgan fingerprint density at radius 2 is 2.20 bits per heavy atom. The number of benzene rings is 1. The van der Waals surface area contributed by atoms with Gasteiger partial charge in [0.25, 0.3) is 0 Å². The van der Waals surface area contributed by atoms with Crippen molar-refractivity contribution in [3.05, 3.63) is 22.7 Å². The van der Waals surface area contributed by atoms with Gasteiger partial charge in [-0.05, 0) is 43.3 Å². The van der Waals surface area contributed by atoms with Gasteiger partial charge in [0.05, 0.1) is 17.0 Å². The van der Waals surface area contributed by atoms with Gasteiger partial charge >= 0.3 is 0 Å². The average molecular weight is 246 g/mol. The summed E-state index contributed by atoms with van der Waals surface area (Å²) in [4.78, 5) is 1.08. The smallest absolute Gasteiger partial charge is 0.150 e. The van der Waals surface area contributed by atoms with Crippen LogP contribution >= 0.6 is 23.4 Å². The minimum atomic E-state index is 0.677. The molecule has 0 aliphatic carbocycles. The fraction of sp³-hybridized carbons (Fsp3) is 0.455. The molecule has 0 spiro atoms. The van der Waals surface area contributed by atoms with E-state index in [4.69, 9.17) is 22.1 Å². The molecule has 15 heavy (non-hydrogen) atoms. The molecule has 1 rings (SSSR count). The molecule has 0 saturated carbocycles. The van der Waals surface area contributed by atoms with Crippen LogP contribution in [0.25, 0.3) is 0 Å². The van der Waals surface area contributed by atoms with Crippen molar-refractivity contribution in [2.75, 3.05) is 19.9 Å². The van der Waals surface area contributed by atoms with Gasteiger partial charge in [-0.2, -0.15) is 0 Å². The van der Waals surface area contributed by atoms with Crippen molar-refractivity contribution in [1.29, 1.82) is 0 Å². The fourth-order valence-electron chi connectivity index (χ4n) is 1.42. The highest BCUT2D eigenvalue weighted by atomic mass is 35.5. The number of thioether (sulfide) groups is 1. The summed E-state index contributed by atoms with van der Waals surface area (Å²) in [5.74, 6) is 0.765. The van der Waals surface area contributed by atoms with E-state index < -0.39 is 0 Å². The summed E-state index contributed by atoms with van der Waals surface area (Å²) in [5, 5.41) is 0.677. The van der Waals surface area contributed by atoms with E-state index in [9.17, 15) is 0 Å². The molecule has 0 fully saturated rings. The molecule has 0 saturated heterocycles. The van der Waals surface area contributed by atoms with Crippen molar-refractivity contribution in [3.63, 3.8) is 0 Å². The Labute approximate surface area is 100 Å². The van der Waals surface area contributed by atoms with Gasteiger partial charge in [0.15, 0.2) is 5.75 Å². The fourth-order valence-corrected chi connectivity index (χ4v) is 2.44.